The predicted octanol–water partition coefficient (Wildman–Crippen LogP) is 1.23. The van der Waals surface area contributed by atoms with Crippen molar-refractivity contribution in [2.45, 2.75) is 12.0 Å². The summed E-state index contributed by atoms with van der Waals surface area (Å²) in [4.78, 5) is 12.1. The fourth-order valence-corrected chi connectivity index (χ4v) is 2.08. The molecule has 86 valence electrons. The van der Waals surface area contributed by atoms with Crippen LogP contribution in [0.4, 0.5) is 9.18 Å². The SMILES string of the molecule is NC1CN(C(=O)O)CC1c1cccc(F)c1. The molecule has 1 amide bonds. The van der Waals surface area contributed by atoms with Gasteiger partial charge in [-0.25, -0.2) is 9.18 Å². The quantitative estimate of drug-likeness (QED) is 0.754. The topological polar surface area (TPSA) is 66.6 Å². The van der Waals surface area contributed by atoms with Crippen LogP contribution in [0.5, 0.6) is 0 Å². The van der Waals surface area contributed by atoms with Gasteiger partial charge in [-0.05, 0) is 17.7 Å². The first-order chi connectivity index (χ1) is 7.58. The molecular weight excluding hydrogens is 211 g/mol. The first-order valence-corrected chi connectivity index (χ1v) is 5.07. The summed E-state index contributed by atoms with van der Waals surface area (Å²) in [6.45, 7) is 0.635. The summed E-state index contributed by atoms with van der Waals surface area (Å²) in [7, 11) is 0. The van der Waals surface area contributed by atoms with Crippen LogP contribution in [0.1, 0.15) is 11.5 Å². The van der Waals surface area contributed by atoms with Crippen LogP contribution in [0.15, 0.2) is 24.3 Å². The van der Waals surface area contributed by atoms with E-state index in [9.17, 15) is 9.18 Å². The molecule has 5 heteroatoms. The summed E-state index contributed by atoms with van der Waals surface area (Å²) in [5.41, 5.74) is 6.62. The minimum absolute atomic E-state index is 0.119. The lowest BCUT2D eigenvalue weighted by Crippen LogP contribution is -2.31. The average molecular weight is 224 g/mol. The van der Waals surface area contributed by atoms with Gasteiger partial charge < -0.3 is 15.7 Å². The zero-order chi connectivity index (χ0) is 11.7. The Balaban J connectivity index is 2.19. The molecular formula is C11H13FN2O2. The predicted molar refractivity (Wildman–Crippen MR) is 56.7 cm³/mol. The van der Waals surface area contributed by atoms with E-state index in [4.69, 9.17) is 10.8 Å². The average Bonchev–Trinajstić information content (AvgIpc) is 2.60. The number of nitrogens with zero attached hydrogens (tertiary/aromatic N) is 1. The van der Waals surface area contributed by atoms with E-state index in [1.54, 1.807) is 12.1 Å². The third-order valence-corrected chi connectivity index (χ3v) is 2.91. The van der Waals surface area contributed by atoms with E-state index in [2.05, 4.69) is 0 Å². The van der Waals surface area contributed by atoms with Crippen LogP contribution in [0.2, 0.25) is 0 Å². The molecule has 2 atom stereocenters. The largest absolute Gasteiger partial charge is 0.465 e. The Morgan fingerprint density at radius 2 is 2.25 bits per heavy atom. The molecule has 1 heterocycles. The molecule has 0 saturated carbocycles. The highest BCUT2D eigenvalue weighted by atomic mass is 19.1. The van der Waals surface area contributed by atoms with E-state index in [-0.39, 0.29) is 17.8 Å². The summed E-state index contributed by atoms with van der Waals surface area (Å²) in [5, 5.41) is 8.85. The van der Waals surface area contributed by atoms with Gasteiger partial charge in [0.25, 0.3) is 0 Å². The Hall–Kier alpha value is -1.62. The fourth-order valence-electron chi connectivity index (χ4n) is 2.08. The van der Waals surface area contributed by atoms with Gasteiger partial charge in [-0.3, -0.25) is 0 Å². The molecule has 0 aromatic heterocycles. The maximum absolute atomic E-state index is 13.0. The molecule has 0 aliphatic carbocycles. The highest BCUT2D eigenvalue weighted by Gasteiger charge is 2.33. The smallest absolute Gasteiger partial charge is 0.407 e. The van der Waals surface area contributed by atoms with Gasteiger partial charge in [-0.15, -0.1) is 0 Å². The van der Waals surface area contributed by atoms with Gasteiger partial charge >= 0.3 is 6.09 Å². The van der Waals surface area contributed by atoms with Crippen LogP contribution >= 0.6 is 0 Å². The third-order valence-electron chi connectivity index (χ3n) is 2.91. The summed E-state index contributed by atoms with van der Waals surface area (Å²) < 4.78 is 13.0. The van der Waals surface area contributed by atoms with E-state index in [0.717, 1.165) is 5.56 Å². The lowest BCUT2D eigenvalue weighted by atomic mass is 9.95. The van der Waals surface area contributed by atoms with Gasteiger partial charge in [0, 0.05) is 25.0 Å². The van der Waals surface area contributed by atoms with Gasteiger partial charge in [-0.1, -0.05) is 12.1 Å². The molecule has 1 aliphatic heterocycles. The molecule has 16 heavy (non-hydrogen) atoms. The minimum Gasteiger partial charge on any atom is -0.465 e. The van der Waals surface area contributed by atoms with Gasteiger partial charge in [0.05, 0.1) is 0 Å². The molecule has 2 unspecified atom stereocenters. The lowest BCUT2D eigenvalue weighted by molar-refractivity contribution is 0.154. The molecule has 1 aromatic rings. The monoisotopic (exact) mass is 224 g/mol. The normalized spacial score (nSPS) is 24.8. The highest BCUT2D eigenvalue weighted by molar-refractivity contribution is 5.65. The van der Waals surface area contributed by atoms with Gasteiger partial charge in [0.15, 0.2) is 0 Å². The second-order valence-corrected chi connectivity index (χ2v) is 4.01. The zero-order valence-electron chi connectivity index (χ0n) is 8.64. The summed E-state index contributed by atoms with van der Waals surface area (Å²) in [5.74, 6) is -0.440. The van der Waals surface area contributed by atoms with Gasteiger partial charge in [0.1, 0.15) is 5.82 Å². The Labute approximate surface area is 92.5 Å². The van der Waals surface area contributed by atoms with Crippen LogP contribution in [0.25, 0.3) is 0 Å². The summed E-state index contributed by atoms with van der Waals surface area (Å²) in [6, 6.07) is 5.90. The molecule has 1 aliphatic rings. The number of amides is 1. The first kappa shape index (κ1) is 10.9. The van der Waals surface area contributed by atoms with E-state index in [1.807, 2.05) is 0 Å². The number of carbonyl (C=O) groups is 1. The van der Waals surface area contributed by atoms with Crippen molar-refractivity contribution in [1.29, 1.82) is 0 Å². The maximum atomic E-state index is 13.0. The number of hydrogen-bond donors (Lipinski definition) is 2. The molecule has 0 radical (unpaired) electrons. The van der Waals surface area contributed by atoms with Crippen LogP contribution in [0.3, 0.4) is 0 Å². The zero-order valence-corrected chi connectivity index (χ0v) is 8.64. The second-order valence-electron chi connectivity index (χ2n) is 4.01. The summed E-state index contributed by atoms with van der Waals surface area (Å²) in [6.07, 6.45) is -0.977. The number of likely N-dealkylation sites (tertiary alicyclic amines) is 1. The third kappa shape index (κ3) is 1.99. The van der Waals surface area contributed by atoms with Gasteiger partial charge in [0.2, 0.25) is 0 Å². The number of nitrogens with two attached hydrogens (primary N) is 1. The Morgan fingerprint density at radius 1 is 1.50 bits per heavy atom. The van der Waals surface area contributed by atoms with Crippen molar-refractivity contribution in [2.24, 2.45) is 5.73 Å². The first-order valence-electron chi connectivity index (χ1n) is 5.07. The molecule has 0 spiro atoms. The number of rotatable bonds is 1. The molecule has 1 fully saturated rings. The summed E-state index contributed by atoms with van der Waals surface area (Å²) >= 11 is 0. The number of benzene rings is 1. The number of halogens is 1. The van der Waals surface area contributed by atoms with Crippen molar-refractivity contribution in [1.82, 2.24) is 4.90 Å². The van der Waals surface area contributed by atoms with E-state index in [0.29, 0.717) is 13.1 Å². The van der Waals surface area contributed by atoms with E-state index < -0.39 is 6.09 Å². The Bertz CT molecular complexity index is 411. The molecule has 0 bridgehead atoms. The lowest BCUT2D eigenvalue weighted by Gasteiger charge is -2.14. The van der Waals surface area contributed by atoms with Crippen LogP contribution in [0, 0.1) is 5.82 Å². The molecule has 2 rings (SSSR count). The molecule has 4 nitrogen and oxygen atoms in total. The molecule has 1 saturated heterocycles. The van der Waals surface area contributed by atoms with Crippen molar-refractivity contribution < 1.29 is 14.3 Å². The van der Waals surface area contributed by atoms with Crippen molar-refractivity contribution in [2.75, 3.05) is 13.1 Å². The van der Waals surface area contributed by atoms with Crippen molar-refractivity contribution in [3.63, 3.8) is 0 Å². The number of hydrogen-bond acceptors (Lipinski definition) is 2. The maximum Gasteiger partial charge on any atom is 0.407 e. The van der Waals surface area contributed by atoms with Crippen molar-refractivity contribution >= 4 is 6.09 Å². The second kappa shape index (κ2) is 4.09. The van der Waals surface area contributed by atoms with Crippen LogP contribution in [-0.4, -0.2) is 35.2 Å². The van der Waals surface area contributed by atoms with E-state index >= 15 is 0 Å². The highest BCUT2D eigenvalue weighted by Crippen LogP contribution is 2.26. The fraction of sp³-hybridized carbons (Fsp3) is 0.364. The van der Waals surface area contributed by atoms with Crippen LogP contribution in [-0.2, 0) is 0 Å². The van der Waals surface area contributed by atoms with Gasteiger partial charge in [-0.2, -0.15) is 0 Å². The number of carboxylic acid groups (broad SMARTS) is 1. The Morgan fingerprint density at radius 3 is 2.81 bits per heavy atom. The van der Waals surface area contributed by atoms with Crippen LogP contribution < -0.4 is 5.73 Å². The van der Waals surface area contributed by atoms with E-state index in [1.165, 1.54) is 17.0 Å². The molecule has 3 N–H and O–H groups in total. The van der Waals surface area contributed by atoms with Crippen molar-refractivity contribution in [3.8, 4) is 0 Å². The molecule has 1 aromatic carbocycles. The van der Waals surface area contributed by atoms with Crippen molar-refractivity contribution in [3.05, 3.63) is 35.6 Å². The minimum atomic E-state index is -0.977. The Kier molecular flexibility index (Phi) is 2.78. The standard InChI is InChI=1S/C11H13FN2O2/c12-8-3-1-2-7(4-8)9-5-14(11(15)16)6-10(9)13/h1-4,9-10H,5-6,13H2,(H,15,16).